The zero-order chi connectivity index (χ0) is 14.7. The summed E-state index contributed by atoms with van der Waals surface area (Å²) in [6.07, 6.45) is 0. The smallest absolute Gasteiger partial charge is 0.241 e. The van der Waals surface area contributed by atoms with Gasteiger partial charge in [0.05, 0.1) is 10.5 Å². The van der Waals surface area contributed by atoms with E-state index < -0.39 is 0 Å². The quantitative estimate of drug-likeness (QED) is 0.748. The molecule has 2 aromatic rings. The van der Waals surface area contributed by atoms with Crippen LogP contribution in [0.3, 0.4) is 0 Å². The summed E-state index contributed by atoms with van der Waals surface area (Å²) in [5, 5.41) is 2.28. The molecule has 1 unspecified atom stereocenters. The molecule has 0 aromatic heterocycles. The van der Waals surface area contributed by atoms with Gasteiger partial charge in [-0.05, 0) is 24.3 Å². The Hall–Kier alpha value is -1.35. The molecule has 1 atom stereocenters. The van der Waals surface area contributed by atoms with Gasteiger partial charge >= 0.3 is 0 Å². The van der Waals surface area contributed by atoms with Crippen molar-refractivity contribution >= 4 is 38.3 Å². The van der Waals surface area contributed by atoms with Crippen molar-refractivity contribution in [2.75, 3.05) is 11.4 Å². The summed E-state index contributed by atoms with van der Waals surface area (Å²) in [5.74, 6) is 0.394. The van der Waals surface area contributed by atoms with E-state index in [1.807, 2.05) is 49.9 Å². The lowest BCUT2D eigenvalue weighted by molar-refractivity contribution is -0.118. The van der Waals surface area contributed by atoms with E-state index in [-0.39, 0.29) is 16.7 Å². The number of rotatable bonds is 4. The number of anilines is 1. The van der Waals surface area contributed by atoms with E-state index in [2.05, 4.69) is 34.1 Å². The number of benzene rings is 2. The van der Waals surface area contributed by atoms with E-state index in [1.54, 1.807) is 0 Å². The van der Waals surface area contributed by atoms with Gasteiger partial charge in [0, 0.05) is 11.9 Å². The molecule has 0 heterocycles. The van der Waals surface area contributed by atoms with Crippen LogP contribution in [0.25, 0.3) is 10.8 Å². The number of hydrogen-bond donors (Lipinski definition) is 0. The van der Waals surface area contributed by atoms with Gasteiger partial charge < -0.3 is 4.90 Å². The highest BCUT2D eigenvalue weighted by molar-refractivity contribution is 9.10. The Balaban J connectivity index is 2.47. The molecule has 0 N–H and O–H groups in total. The Labute approximate surface area is 128 Å². The fourth-order valence-corrected chi connectivity index (χ4v) is 2.57. The van der Waals surface area contributed by atoms with Gasteiger partial charge in [0.15, 0.2) is 0 Å². The van der Waals surface area contributed by atoms with Crippen LogP contribution < -0.4 is 4.90 Å². The van der Waals surface area contributed by atoms with Gasteiger partial charge in [0.25, 0.3) is 0 Å². The molecule has 2 nitrogen and oxygen atoms in total. The fourth-order valence-electron chi connectivity index (χ4n) is 2.32. The average Bonchev–Trinajstić information content (AvgIpc) is 2.47. The van der Waals surface area contributed by atoms with Crippen LogP contribution in [0.1, 0.15) is 20.8 Å². The molecule has 20 heavy (non-hydrogen) atoms. The number of halogens is 1. The predicted molar refractivity (Wildman–Crippen MR) is 89.5 cm³/mol. The monoisotopic (exact) mass is 333 g/mol. The molecule has 3 heteroatoms. The molecule has 0 saturated heterocycles. The number of carbonyl (C=O) groups excluding carboxylic acids is 1. The molecular formula is C17H20BrNO. The fraction of sp³-hybridized carbons (Fsp3) is 0.353. The van der Waals surface area contributed by atoms with Crippen LogP contribution in [0.5, 0.6) is 0 Å². The molecule has 0 aliphatic rings. The maximum atomic E-state index is 12.6. The van der Waals surface area contributed by atoms with Gasteiger partial charge in [-0.1, -0.05) is 66.2 Å². The minimum Gasteiger partial charge on any atom is -0.311 e. The number of nitrogens with zero attached hydrogens (tertiary/aromatic N) is 1. The van der Waals surface area contributed by atoms with Crippen LogP contribution in [0, 0.1) is 5.92 Å². The Morgan fingerprint density at radius 1 is 1.15 bits per heavy atom. The highest BCUT2D eigenvalue weighted by atomic mass is 79.9. The number of amides is 1. The number of hydrogen-bond acceptors (Lipinski definition) is 1. The van der Waals surface area contributed by atoms with Crippen molar-refractivity contribution in [1.29, 1.82) is 0 Å². The Kier molecular flexibility index (Phi) is 4.81. The first-order valence-corrected chi connectivity index (χ1v) is 7.91. The third-order valence-corrected chi connectivity index (χ3v) is 4.91. The minimum atomic E-state index is -0.151. The second kappa shape index (κ2) is 6.40. The number of fused-ring (bicyclic) bond motifs is 1. The van der Waals surface area contributed by atoms with Gasteiger partial charge in [0.1, 0.15) is 0 Å². The molecule has 0 bridgehead atoms. The molecule has 106 valence electrons. The van der Waals surface area contributed by atoms with Crippen molar-refractivity contribution in [3.8, 4) is 0 Å². The zero-order valence-electron chi connectivity index (χ0n) is 12.1. The van der Waals surface area contributed by atoms with Crippen molar-refractivity contribution in [1.82, 2.24) is 0 Å². The van der Waals surface area contributed by atoms with E-state index in [0.29, 0.717) is 6.54 Å². The molecule has 0 spiro atoms. The van der Waals surface area contributed by atoms with E-state index in [1.165, 1.54) is 0 Å². The van der Waals surface area contributed by atoms with Crippen molar-refractivity contribution < 1.29 is 4.79 Å². The largest absolute Gasteiger partial charge is 0.311 e. The summed E-state index contributed by atoms with van der Waals surface area (Å²) in [4.78, 5) is 14.4. The standard InChI is InChI=1S/C17H20BrNO/c1-4-19(17(20)16(18)12(2)3)15-11-7-9-13-8-5-6-10-14(13)15/h5-12,16H,4H2,1-3H3. The molecule has 2 aromatic carbocycles. The van der Waals surface area contributed by atoms with Gasteiger partial charge in [0.2, 0.25) is 5.91 Å². The highest BCUT2D eigenvalue weighted by Crippen LogP contribution is 2.28. The first-order chi connectivity index (χ1) is 9.56. The maximum Gasteiger partial charge on any atom is 0.241 e. The normalized spacial score (nSPS) is 12.7. The Morgan fingerprint density at radius 2 is 1.80 bits per heavy atom. The van der Waals surface area contributed by atoms with Crippen LogP contribution in [0.15, 0.2) is 42.5 Å². The van der Waals surface area contributed by atoms with Crippen LogP contribution in [0.2, 0.25) is 0 Å². The predicted octanol–water partition coefficient (Wildman–Crippen LogP) is 4.61. The summed E-state index contributed by atoms with van der Waals surface area (Å²) in [6.45, 7) is 6.78. The first-order valence-electron chi connectivity index (χ1n) is 6.99. The Bertz CT molecular complexity index is 603. The van der Waals surface area contributed by atoms with Crippen molar-refractivity contribution in [2.24, 2.45) is 5.92 Å². The lowest BCUT2D eigenvalue weighted by atomic mass is 10.1. The molecule has 1 amide bonds. The van der Waals surface area contributed by atoms with Crippen LogP contribution in [-0.4, -0.2) is 17.3 Å². The maximum absolute atomic E-state index is 12.6. The molecular weight excluding hydrogens is 314 g/mol. The molecule has 0 saturated carbocycles. The highest BCUT2D eigenvalue weighted by Gasteiger charge is 2.25. The molecule has 0 fully saturated rings. The zero-order valence-corrected chi connectivity index (χ0v) is 13.7. The van der Waals surface area contributed by atoms with Gasteiger partial charge in [-0.2, -0.15) is 0 Å². The molecule has 0 radical (unpaired) electrons. The molecule has 0 aliphatic heterocycles. The number of alkyl halides is 1. The second-order valence-corrected chi connectivity index (χ2v) is 6.21. The first kappa shape index (κ1) is 15.0. The van der Waals surface area contributed by atoms with E-state index >= 15 is 0 Å². The summed E-state index contributed by atoms with van der Waals surface area (Å²) >= 11 is 3.52. The van der Waals surface area contributed by atoms with Crippen molar-refractivity contribution in [2.45, 2.75) is 25.6 Å². The van der Waals surface area contributed by atoms with Crippen molar-refractivity contribution in [3.63, 3.8) is 0 Å². The van der Waals surface area contributed by atoms with E-state index in [0.717, 1.165) is 16.5 Å². The lowest BCUT2D eigenvalue weighted by Crippen LogP contribution is -2.38. The average molecular weight is 334 g/mol. The Morgan fingerprint density at radius 3 is 2.45 bits per heavy atom. The van der Waals surface area contributed by atoms with Crippen LogP contribution in [-0.2, 0) is 4.79 Å². The van der Waals surface area contributed by atoms with E-state index in [9.17, 15) is 4.79 Å². The summed E-state index contributed by atoms with van der Waals surface area (Å²) < 4.78 is 0. The second-order valence-electron chi connectivity index (χ2n) is 5.23. The third kappa shape index (κ3) is 2.88. The summed E-state index contributed by atoms with van der Waals surface area (Å²) in [7, 11) is 0. The minimum absolute atomic E-state index is 0.124. The molecule has 0 aliphatic carbocycles. The van der Waals surface area contributed by atoms with Crippen molar-refractivity contribution in [3.05, 3.63) is 42.5 Å². The molecule has 2 rings (SSSR count). The van der Waals surface area contributed by atoms with E-state index in [4.69, 9.17) is 0 Å². The summed E-state index contributed by atoms with van der Waals surface area (Å²) in [6, 6.07) is 14.3. The summed E-state index contributed by atoms with van der Waals surface area (Å²) in [5.41, 5.74) is 0.987. The number of carbonyl (C=O) groups is 1. The topological polar surface area (TPSA) is 20.3 Å². The third-order valence-electron chi connectivity index (χ3n) is 3.46. The van der Waals surface area contributed by atoms with Gasteiger partial charge in [-0.3, -0.25) is 4.79 Å². The lowest BCUT2D eigenvalue weighted by Gasteiger charge is -2.26. The van der Waals surface area contributed by atoms with Crippen LogP contribution >= 0.6 is 15.9 Å². The van der Waals surface area contributed by atoms with Gasteiger partial charge in [-0.15, -0.1) is 0 Å². The van der Waals surface area contributed by atoms with Crippen LogP contribution in [0.4, 0.5) is 5.69 Å². The SMILES string of the molecule is CCN(C(=O)C(Br)C(C)C)c1cccc2ccccc12. The van der Waals surface area contributed by atoms with Gasteiger partial charge in [-0.25, -0.2) is 0 Å².